The van der Waals surface area contributed by atoms with Gasteiger partial charge in [-0.05, 0) is 13.8 Å². The summed E-state index contributed by atoms with van der Waals surface area (Å²) in [4.78, 5) is 0. The van der Waals surface area contributed by atoms with E-state index >= 15 is 0 Å². The average Bonchev–Trinajstić information content (AvgIpc) is 2.53. The molecule has 1 heterocycles. The number of nitrogens with one attached hydrogen (secondary N) is 1. The lowest BCUT2D eigenvalue weighted by Gasteiger charge is -2.06. The van der Waals surface area contributed by atoms with Crippen molar-refractivity contribution < 1.29 is 8.42 Å². The van der Waals surface area contributed by atoms with Crippen LogP contribution < -0.4 is 4.72 Å². The largest absolute Gasteiger partial charge is 0.275 e. The molecule has 1 unspecified atom stereocenters. The molecular formula is C9H14N4O2S. The summed E-state index contributed by atoms with van der Waals surface area (Å²) in [5.74, 6) is 0. The first-order valence-electron chi connectivity index (χ1n) is 4.74. The molecule has 0 aromatic carbocycles. The molecule has 0 fully saturated rings. The summed E-state index contributed by atoms with van der Waals surface area (Å²) in [6.45, 7) is 3.31. The summed E-state index contributed by atoms with van der Waals surface area (Å²) in [6.07, 6.45) is 1.74. The monoisotopic (exact) mass is 242 g/mol. The van der Waals surface area contributed by atoms with Gasteiger partial charge in [0.25, 0.3) is 0 Å². The van der Waals surface area contributed by atoms with Crippen LogP contribution in [0.1, 0.15) is 18.2 Å². The first-order chi connectivity index (χ1) is 7.36. The van der Waals surface area contributed by atoms with Gasteiger partial charge < -0.3 is 0 Å². The number of hydrogen-bond donors (Lipinski definition) is 1. The van der Waals surface area contributed by atoms with Gasteiger partial charge in [0.15, 0.2) is 5.25 Å². The highest BCUT2D eigenvalue weighted by Crippen LogP contribution is 2.05. The smallest absolute Gasteiger partial charge is 0.227 e. The molecule has 0 aliphatic carbocycles. The van der Waals surface area contributed by atoms with Gasteiger partial charge in [-0.2, -0.15) is 10.4 Å². The zero-order valence-corrected chi connectivity index (χ0v) is 10.2. The second-order valence-corrected chi connectivity index (χ2v) is 5.64. The Morgan fingerprint density at radius 2 is 2.31 bits per heavy atom. The van der Waals surface area contributed by atoms with Crippen molar-refractivity contribution >= 4 is 10.0 Å². The molecule has 0 spiro atoms. The second kappa shape index (κ2) is 4.63. The van der Waals surface area contributed by atoms with E-state index in [1.54, 1.807) is 30.9 Å². The van der Waals surface area contributed by atoms with Crippen LogP contribution in [0.25, 0.3) is 0 Å². The van der Waals surface area contributed by atoms with Gasteiger partial charge >= 0.3 is 0 Å². The minimum absolute atomic E-state index is 0.161. The second-order valence-electron chi connectivity index (χ2n) is 3.55. The molecule has 0 saturated carbocycles. The predicted molar refractivity (Wildman–Crippen MR) is 58.8 cm³/mol. The van der Waals surface area contributed by atoms with Crippen molar-refractivity contribution in [1.82, 2.24) is 14.5 Å². The van der Waals surface area contributed by atoms with E-state index in [1.165, 1.54) is 6.92 Å². The van der Waals surface area contributed by atoms with Gasteiger partial charge in [-0.1, -0.05) is 0 Å². The molecule has 0 amide bonds. The molecule has 0 saturated heterocycles. The normalized spacial score (nSPS) is 13.4. The quantitative estimate of drug-likeness (QED) is 0.808. The third-order valence-electron chi connectivity index (χ3n) is 2.23. The topological polar surface area (TPSA) is 87.8 Å². The summed E-state index contributed by atoms with van der Waals surface area (Å²) in [5, 5.41) is 11.6. The Bertz CT molecular complexity index is 512. The van der Waals surface area contributed by atoms with Crippen molar-refractivity contribution in [2.24, 2.45) is 7.05 Å². The molecule has 7 heteroatoms. The maximum absolute atomic E-state index is 11.5. The van der Waals surface area contributed by atoms with E-state index in [2.05, 4.69) is 9.82 Å². The van der Waals surface area contributed by atoms with Gasteiger partial charge in [-0.3, -0.25) is 4.68 Å². The van der Waals surface area contributed by atoms with Crippen LogP contribution in [0.4, 0.5) is 0 Å². The highest BCUT2D eigenvalue weighted by atomic mass is 32.2. The SMILES string of the molecule is Cc1nn(C)cc1CNS(=O)(=O)C(C)C#N. The fourth-order valence-corrected chi connectivity index (χ4v) is 1.94. The lowest BCUT2D eigenvalue weighted by Crippen LogP contribution is -2.31. The zero-order valence-electron chi connectivity index (χ0n) is 9.43. The molecular weight excluding hydrogens is 228 g/mol. The summed E-state index contributed by atoms with van der Waals surface area (Å²) >= 11 is 0. The summed E-state index contributed by atoms with van der Waals surface area (Å²) in [7, 11) is -1.80. The van der Waals surface area contributed by atoms with Gasteiger partial charge in [0.1, 0.15) is 0 Å². The molecule has 88 valence electrons. The number of nitriles is 1. The number of aromatic nitrogens is 2. The van der Waals surface area contributed by atoms with Gasteiger partial charge in [0, 0.05) is 25.4 Å². The van der Waals surface area contributed by atoms with E-state index in [0.717, 1.165) is 11.3 Å². The van der Waals surface area contributed by atoms with Crippen LogP contribution in [0, 0.1) is 18.3 Å². The van der Waals surface area contributed by atoms with Crippen molar-refractivity contribution in [2.45, 2.75) is 25.6 Å². The molecule has 0 radical (unpaired) electrons. The Labute approximate surface area is 94.9 Å². The van der Waals surface area contributed by atoms with Crippen LogP contribution in [0.3, 0.4) is 0 Å². The van der Waals surface area contributed by atoms with Crippen LogP contribution >= 0.6 is 0 Å². The molecule has 0 aliphatic heterocycles. The number of aryl methyl sites for hydroxylation is 2. The highest BCUT2D eigenvalue weighted by Gasteiger charge is 2.19. The Balaban J connectivity index is 2.73. The predicted octanol–water partition coefficient (Wildman–Crippen LogP) is 0.0600. The molecule has 1 N–H and O–H groups in total. The Kier molecular flexibility index (Phi) is 3.67. The van der Waals surface area contributed by atoms with Crippen LogP contribution in [0.15, 0.2) is 6.20 Å². The van der Waals surface area contributed by atoms with E-state index in [4.69, 9.17) is 5.26 Å². The third-order valence-corrected chi connectivity index (χ3v) is 3.81. The minimum Gasteiger partial charge on any atom is -0.275 e. The number of nitrogens with zero attached hydrogens (tertiary/aromatic N) is 3. The van der Waals surface area contributed by atoms with E-state index in [1.807, 2.05) is 0 Å². The van der Waals surface area contributed by atoms with Crippen LogP contribution in [-0.2, 0) is 23.6 Å². The van der Waals surface area contributed by atoms with Crippen molar-refractivity contribution in [3.05, 3.63) is 17.5 Å². The number of rotatable bonds is 4. The molecule has 1 rings (SSSR count). The van der Waals surface area contributed by atoms with E-state index in [9.17, 15) is 8.42 Å². The van der Waals surface area contributed by atoms with Gasteiger partial charge in [-0.15, -0.1) is 0 Å². The molecule has 1 atom stereocenters. The van der Waals surface area contributed by atoms with Crippen LogP contribution in [0.5, 0.6) is 0 Å². The maximum atomic E-state index is 11.5. The first-order valence-corrected chi connectivity index (χ1v) is 6.28. The lowest BCUT2D eigenvalue weighted by molar-refractivity contribution is 0.576. The van der Waals surface area contributed by atoms with Crippen molar-refractivity contribution in [2.75, 3.05) is 0 Å². The fraction of sp³-hybridized carbons (Fsp3) is 0.556. The fourth-order valence-electron chi connectivity index (χ4n) is 1.19. The number of hydrogen-bond acceptors (Lipinski definition) is 4. The molecule has 0 aliphatic rings. The summed E-state index contributed by atoms with van der Waals surface area (Å²) in [6, 6.07) is 1.69. The molecule has 16 heavy (non-hydrogen) atoms. The minimum atomic E-state index is -3.56. The van der Waals surface area contributed by atoms with E-state index in [-0.39, 0.29) is 6.54 Å². The first kappa shape index (κ1) is 12.7. The number of sulfonamides is 1. The average molecular weight is 242 g/mol. The third kappa shape index (κ3) is 2.81. The maximum Gasteiger partial charge on any atom is 0.227 e. The molecule has 1 aromatic rings. The highest BCUT2D eigenvalue weighted by molar-refractivity contribution is 7.90. The van der Waals surface area contributed by atoms with Gasteiger partial charge in [0.05, 0.1) is 11.8 Å². The van der Waals surface area contributed by atoms with Crippen molar-refractivity contribution in [1.29, 1.82) is 5.26 Å². The van der Waals surface area contributed by atoms with Crippen LogP contribution in [0.2, 0.25) is 0 Å². The Hall–Kier alpha value is -1.39. The van der Waals surface area contributed by atoms with E-state index < -0.39 is 15.3 Å². The molecule has 0 bridgehead atoms. The van der Waals surface area contributed by atoms with Gasteiger partial charge in [-0.25, -0.2) is 13.1 Å². The molecule has 1 aromatic heterocycles. The zero-order chi connectivity index (χ0) is 12.3. The summed E-state index contributed by atoms with van der Waals surface area (Å²) < 4.78 is 27.0. The Morgan fingerprint density at radius 1 is 1.69 bits per heavy atom. The Morgan fingerprint density at radius 3 is 2.75 bits per heavy atom. The van der Waals surface area contributed by atoms with Crippen molar-refractivity contribution in [3.8, 4) is 6.07 Å². The summed E-state index contributed by atoms with van der Waals surface area (Å²) in [5.41, 5.74) is 1.58. The lowest BCUT2D eigenvalue weighted by atomic mass is 10.3. The van der Waals surface area contributed by atoms with Gasteiger partial charge in [0.2, 0.25) is 10.0 Å². The standard InChI is InChI=1S/C9H14N4O2S/c1-7(4-10)16(14,15)11-5-9-6-13(3)12-8(9)2/h6-7,11H,5H2,1-3H3. The van der Waals surface area contributed by atoms with Crippen LogP contribution in [-0.4, -0.2) is 23.4 Å². The van der Waals surface area contributed by atoms with Crippen molar-refractivity contribution in [3.63, 3.8) is 0 Å². The van der Waals surface area contributed by atoms with E-state index in [0.29, 0.717) is 0 Å². The molecule has 6 nitrogen and oxygen atoms in total.